The summed E-state index contributed by atoms with van der Waals surface area (Å²) in [5, 5.41) is 3.13. The van der Waals surface area contributed by atoms with E-state index in [-0.39, 0.29) is 23.7 Å². The smallest absolute Gasteiger partial charge is 0.222 e. The van der Waals surface area contributed by atoms with Crippen molar-refractivity contribution in [3.8, 4) is 0 Å². The lowest BCUT2D eigenvalue weighted by Gasteiger charge is -2.36. The fraction of sp³-hybridized carbons (Fsp3) is 0.588. The maximum absolute atomic E-state index is 13.0. The summed E-state index contributed by atoms with van der Waals surface area (Å²) >= 11 is 0. The molecular weight excluding hydrogens is 267 g/mol. The van der Waals surface area contributed by atoms with E-state index in [4.69, 9.17) is 0 Å². The van der Waals surface area contributed by atoms with Crippen LogP contribution >= 0.6 is 0 Å². The number of hydrogen-bond acceptors (Lipinski definition) is 2. The fourth-order valence-electron chi connectivity index (χ4n) is 3.02. The van der Waals surface area contributed by atoms with Crippen molar-refractivity contribution in [1.82, 2.24) is 10.2 Å². The lowest BCUT2D eigenvalue weighted by atomic mass is 9.88. The minimum absolute atomic E-state index is 0.0211. The summed E-state index contributed by atoms with van der Waals surface area (Å²) in [7, 11) is 2.09. The molecule has 2 atom stereocenters. The second kappa shape index (κ2) is 7.03. The molecule has 1 N–H and O–H groups in total. The first-order valence-corrected chi connectivity index (χ1v) is 7.67. The van der Waals surface area contributed by atoms with Crippen LogP contribution in [-0.2, 0) is 11.2 Å². The van der Waals surface area contributed by atoms with E-state index in [0.29, 0.717) is 5.92 Å². The summed E-state index contributed by atoms with van der Waals surface area (Å²) in [5.74, 6) is 0.442. The Morgan fingerprint density at radius 2 is 2.00 bits per heavy atom. The monoisotopic (exact) mass is 292 g/mol. The Morgan fingerprint density at radius 3 is 2.62 bits per heavy atom. The van der Waals surface area contributed by atoms with Gasteiger partial charge < -0.3 is 10.2 Å². The highest BCUT2D eigenvalue weighted by molar-refractivity contribution is 5.78. The second-order valence-electron chi connectivity index (χ2n) is 6.51. The first-order chi connectivity index (χ1) is 9.94. The highest BCUT2D eigenvalue weighted by Crippen LogP contribution is 2.21. The third-order valence-corrected chi connectivity index (χ3v) is 4.03. The topological polar surface area (TPSA) is 32.3 Å². The molecule has 1 amide bonds. The zero-order valence-electron chi connectivity index (χ0n) is 13.1. The lowest BCUT2D eigenvalue weighted by molar-refractivity contribution is -0.125. The Kier molecular flexibility index (Phi) is 5.34. The van der Waals surface area contributed by atoms with E-state index in [9.17, 15) is 9.18 Å². The lowest BCUT2D eigenvalue weighted by Crippen LogP contribution is -2.50. The zero-order valence-corrected chi connectivity index (χ0v) is 13.1. The van der Waals surface area contributed by atoms with E-state index < -0.39 is 0 Å². The fourth-order valence-corrected chi connectivity index (χ4v) is 3.02. The Morgan fingerprint density at radius 1 is 1.33 bits per heavy atom. The maximum atomic E-state index is 13.0. The molecule has 0 saturated carbocycles. The number of nitrogens with one attached hydrogen (secondary N) is 1. The van der Waals surface area contributed by atoms with Crippen molar-refractivity contribution >= 4 is 5.91 Å². The van der Waals surface area contributed by atoms with Crippen molar-refractivity contribution in [2.24, 2.45) is 11.8 Å². The number of nitrogens with zero attached hydrogens (tertiary/aromatic N) is 1. The van der Waals surface area contributed by atoms with E-state index in [1.165, 1.54) is 12.1 Å². The number of likely N-dealkylation sites (tertiary alicyclic amines) is 1. The second-order valence-corrected chi connectivity index (χ2v) is 6.51. The number of halogens is 1. The van der Waals surface area contributed by atoms with Crippen LogP contribution in [0.25, 0.3) is 0 Å². The molecule has 1 aromatic carbocycles. The number of piperidine rings is 1. The molecule has 1 heterocycles. The minimum atomic E-state index is -0.193. The van der Waals surface area contributed by atoms with Gasteiger partial charge in [-0.15, -0.1) is 0 Å². The Bertz CT molecular complexity index is 472. The van der Waals surface area contributed by atoms with Gasteiger partial charge in [0.15, 0.2) is 0 Å². The average Bonchev–Trinajstić information content (AvgIpc) is 2.40. The van der Waals surface area contributed by atoms with Gasteiger partial charge in [0.25, 0.3) is 0 Å². The Balaban J connectivity index is 1.94. The van der Waals surface area contributed by atoms with Crippen molar-refractivity contribution < 1.29 is 9.18 Å². The van der Waals surface area contributed by atoms with E-state index in [0.717, 1.165) is 31.5 Å². The number of carbonyl (C=O) groups excluding carboxylic acids is 1. The first-order valence-electron chi connectivity index (χ1n) is 7.67. The molecule has 116 valence electrons. The van der Waals surface area contributed by atoms with Gasteiger partial charge >= 0.3 is 0 Å². The number of hydrogen-bond donors (Lipinski definition) is 1. The molecule has 21 heavy (non-hydrogen) atoms. The molecule has 1 aromatic rings. The van der Waals surface area contributed by atoms with E-state index >= 15 is 0 Å². The molecule has 1 aliphatic heterocycles. The third-order valence-electron chi connectivity index (χ3n) is 4.03. The summed E-state index contributed by atoms with van der Waals surface area (Å²) in [5.41, 5.74) is 1.16. The van der Waals surface area contributed by atoms with Crippen LogP contribution in [0.3, 0.4) is 0 Å². The van der Waals surface area contributed by atoms with E-state index in [1.807, 2.05) is 26.0 Å². The molecule has 2 unspecified atom stereocenters. The SMILES string of the molecule is CC(C)C(=O)NC1CC(Cc2ccc(F)cc2)CN(C)C1. The largest absolute Gasteiger partial charge is 0.352 e. The van der Waals surface area contributed by atoms with Gasteiger partial charge in [0.2, 0.25) is 5.91 Å². The van der Waals surface area contributed by atoms with Crippen molar-refractivity contribution in [1.29, 1.82) is 0 Å². The number of likely N-dealkylation sites (N-methyl/N-ethyl adjacent to an activating group) is 1. The summed E-state index contributed by atoms with van der Waals surface area (Å²) in [6.45, 7) is 5.75. The molecule has 3 nitrogen and oxygen atoms in total. The van der Waals surface area contributed by atoms with Gasteiger partial charge in [-0.05, 0) is 43.5 Å². The van der Waals surface area contributed by atoms with E-state index in [1.54, 1.807) is 0 Å². The zero-order chi connectivity index (χ0) is 15.4. The predicted octanol–water partition coefficient (Wildman–Crippen LogP) is 2.46. The molecule has 0 spiro atoms. The first kappa shape index (κ1) is 16.0. The van der Waals surface area contributed by atoms with Gasteiger partial charge in [0.1, 0.15) is 5.82 Å². The summed E-state index contributed by atoms with van der Waals surface area (Å²) in [6.07, 6.45) is 1.92. The molecule has 1 saturated heterocycles. The van der Waals surface area contributed by atoms with Crippen LogP contribution in [0.5, 0.6) is 0 Å². The molecule has 1 aliphatic rings. The van der Waals surface area contributed by atoms with Crippen molar-refractivity contribution in [2.75, 3.05) is 20.1 Å². The number of amides is 1. The van der Waals surface area contributed by atoms with Gasteiger partial charge in [-0.25, -0.2) is 4.39 Å². The van der Waals surface area contributed by atoms with Crippen LogP contribution in [0.15, 0.2) is 24.3 Å². The molecule has 4 heteroatoms. The molecule has 0 bridgehead atoms. The highest BCUT2D eigenvalue weighted by atomic mass is 19.1. The predicted molar refractivity (Wildman–Crippen MR) is 82.5 cm³/mol. The molecular formula is C17H25FN2O. The van der Waals surface area contributed by atoms with Gasteiger partial charge in [-0.3, -0.25) is 4.79 Å². The van der Waals surface area contributed by atoms with Crippen molar-refractivity contribution in [2.45, 2.75) is 32.7 Å². The molecule has 0 aliphatic carbocycles. The van der Waals surface area contributed by atoms with Gasteiger partial charge in [-0.1, -0.05) is 26.0 Å². The third kappa shape index (κ3) is 4.81. The van der Waals surface area contributed by atoms with Crippen LogP contribution in [0.2, 0.25) is 0 Å². The quantitative estimate of drug-likeness (QED) is 0.924. The van der Waals surface area contributed by atoms with Gasteiger partial charge in [0, 0.05) is 25.0 Å². The van der Waals surface area contributed by atoms with Gasteiger partial charge in [0.05, 0.1) is 0 Å². The Hall–Kier alpha value is -1.42. The number of rotatable bonds is 4. The van der Waals surface area contributed by atoms with E-state index in [2.05, 4.69) is 17.3 Å². The molecule has 0 aromatic heterocycles. The summed E-state index contributed by atoms with van der Waals surface area (Å²) < 4.78 is 13.0. The average molecular weight is 292 g/mol. The number of carbonyl (C=O) groups is 1. The molecule has 2 rings (SSSR count). The van der Waals surface area contributed by atoms with Crippen LogP contribution in [0.1, 0.15) is 25.8 Å². The normalized spacial score (nSPS) is 23.3. The standard InChI is InChI=1S/C17H25FN2O/c1-12(2)17(21)19-16-9-14(10-20(3)11-16)8-13-4-6-15(18)7-5-13/h4-7,12,14,16H,8-11H2,1-3H3,(H,19,21). The maximum Gasteiger partial charge on any atom is 0.222 e. The van der Waals surface area contributed by atoms with Crippen molar-refractivity contribution in [3.05, 3.63) is 35.6 Å². The van der Waals surface area contributed by atoms with Crippen LogP contribution in [0, 0.1) is 17.7 Å². The van der Waals surface area contributed by atoms with Gasteiger partial charge in [-0.2, -0.15) is 0 Å². The minimum Gasteiger partial charge on any atom is -0.352 e. The molecule has 0 radical (unpaired) electrons. The Labute approximate surface area is 126 Å². The van der Waals surface area contributed by atoms with Crippen LogP contribution in [0.4, 0.5) is 4.39 Å². The molecule has 1 fully saturated rings. The summed E-state index contributed by atoms with van der Waals surface area (Å²) in [6, 6.07) is 6.95. The van der Waals surface area contributed by atoms with Crippen molar-refractivity contribution in [3.63, 3.8) is 0 Å². The highest BCUT2D eigenvalue weighted by Gasteiger charge is 2.26. The van der Waals surface area contributed by atoms with Crippen LogP contribution in [-0.4, -0.2) is 37.0 Å². The summed E-state index contributed by atoms with van der Waals surface area (Å²) in [4.78, 5) is 14.1. The van der Waals surface area contributed by atoms with Crippen LogP contribution < -0.4 is 5.32 Å². The number of benzene rings is 1.